The molecular formula is C11H13BrN2O4. The maximum Gasteiger partial charge on any atom is 0.330 e. The molecular weight excluding hydrogens is 304 g/mol. The van der Waals surface area contributed by atoms with Crippen LogP contribution in [0.5, 0.6) is 0 Å². The Kier molecular flexibility index (Phi) is 3.84. The Labute approximate surface area is 111 Å². The zero-order valence-corrected chi connectivity index (χ0v) is 11.3. The zero-order valence-electron chi connectivity index (χ0n) is 9.67. The van der Waals surface area contributed by atoms with Crippen LogP contribution in [-0.4, -0.2) is 26.9 Å². The number of hydrogen-bond donors (Lipinski definition) is 2. The van der Waals surface area contributed by atoms with Crippen LogP contribution in [0.25, 0.3) is 6.08 Å². The molecule has 1 aromatic heterocycles. The van der Waals surface area contributed by atoms with Gasteiger partial charge in [-0.2, -0.15) is 0 Å². The zero-order chi connectivity index (χ0) is 13.3. The smallest absolute Gasteiger partial charge is 0.330 e. The van der Waals surface area contributed by atoms with Gasteiger partial charge in [0, 0.05) is 12.6 Å². The Hall–Kier alpha value is -1.18. The Morgan fingerprint density at radius 3 is 2.89 bits per heavy atom. The number of nitrogens with zero attached hydrogens (tertiary/aromatic N) is 1. The Morgan fingerprint density at radius 2 is 2.33 bits per heavy atom. The lowest BCUT2D eigenvalue weighted by Crippen LogP contribution is -2.33. The van der Waals surface area contributed by atoms with Gasteiger partial charge in [0.25, 0.3) is 5.56 Å². The quantitative estimate of drug-likeness (QED) is 0.835. The lowest BCUT2D eigenvalue weighted by molar-refractivity contribution is -0.0101. The molecule has 1 aromatic rings. The minimum atomic E-state index is -0.607. The van der Waals surface area contributed by atoms with Gasteiger partial charge in [0.15, 0.2) is 0 Å². The molecule has 0 amide bonds. The molecule has 2 heterocycles. The number of aromatic amines is 1. The van der Waals surface area contributed by atoms with Crippen molar-refractivity contribution in [3.63, 3.8) is 0 Å². The summed E-state index contributed by atoms with van der Waals surface area (Å²) in [5, 5.41) is 9.61. The molecule has 0 radical (unpaired) electrons. The molecule has 98 valence electrons. The Morgan fingerprint density at radius 1 is 1.61 bits per heavy atom. The van der Waals surface area contributed by atoms with Crippen LogP contribution in [-0.2, 0) is 4.74 Å². The molecule has 0 spiro atoms. The van der Waals surface area contributed by atoms with Crippen molar-refractivity contribution in [3.05, 3.63) is 37.6 Å². The highest BCUT2D eigenvalue weighted by Gasteiger charge is 2.32. The van der Waals surface area contributed by atoms with Gasteiger partial charge in [-0.15, -0.1) is 0 Å². The number of halogens is 1. The largest absolute Gasteiger partial charge is 0.390 e. The van der Waals surface area contributed by atoms with E-state index in [0.717, 1.165) is 0 Å². The van der Waals surface area contributed by atoms with Crippen LogP contribution in [0.4, 0.5) is 0 Å². The average molecular weight is 317 g/mol. The molecule has 3 atom stereocenters. The maximum atomic E-state index is 11.7. The number of aliphatic hydroxyl groups excluding tert-OH is 1. The molecule has 2 rings (SSSR count). The van der Waals surface area contributed by atoms with E-state index in [0.29, 0.717) is 12.0 Å². The number of aliphatic hydroxyl groups is 1. The SMILES string of the molecule is C[C@@H]1O[C@H](n2cc(/C=C/Br)c(=O)[nH]c2=O)CC1O. The summed E-state index contributed by atoms with van der Waals surface area (Å²) in [5.74, 6) is 0. The van der Waals surface area contributed by atoms with Crippen molar-refractivity contribution in [1.82, 2.24) is 9.55 Å². The summed E-state index contributed by atoms with van der Waals surface area (Å²) in [6.45, 7) is 1.74. The van der Waals surface area contributed by atoms with E-state index in [2.05, 4.69) is 20.9 Å². The third-order valence-electron chi connectivity index (χ3n) is 2.90. The second kappa shape index (κ2) is 5.21. The molecule has 1 aliphatic rings. The monoisotopic (exact) mass is 316 g/mol. The standard InChI is InChI=1S/C11H13BrN2O4/c1-6-8(15)4-9(18-6)14-5-7(2-3-12)10(16)13-11(14)17/h2-3,5-6,8-9,15H,4H2,1H3,(H,13,16,17)/b3-2+/t6-,8?,9-/m0/s1. The first-order valence-electron chi connectivity index (χ1n) is 5.48. The number of H-pyrrole nitrogens is 1. The predicted octanol–water partition coefficient (Wildman–Crippen LogP) is 0.571. The lowest BCUT2D eigenvalue weighted by Gasteiger charge is -2.13. The second-order valence-corrected chi connectivity index (χ2v) is 4.67. The number of nitrogens with one attached hydrogen (secondary N) is 1. The predicted molar refractivity (Wildman–Crippen MR) is 69.5 cm³/mol. The molecule has 1 saturated heterocycles. The van der Waals surface area contributed by atoms with Crippen LogP contribution in [0.15, 0.2) is 20.8 Å². The molecule has 1 aliphatic heterocycles. The highest BCUT2D eigenvalue weighted by molar-refractivity contribution is 9.11. The summed E-state index contributed by atoms with van der Waals surface area (Å²) in [6, 6.07) is 0. The minimum Gasteiger partial charge on any atom is -0.390 e. The highest BCUT2D eigenvalue weighted by Crippen LogP contribution is 2.27. The molecule has 0 aliphatic carbocycles. The van der Waals surface area contributed by atoms with Crippen LogP contribution >= 0.6 is 15.9 Å². The third-order valence-corrected chi connectivity index (χ3v) is 3.17. The van der Waals surface area contributed by atoms with Crippen molar-refractivity contribution in [3.8, 4) is 0 Å². The molecule has 6 nitrogen and oxygen atoms in total. The van der Waals surface area contributed by atoms with Crippen molar-refractivity contribution in [2.75, 3.05) is 0 Å². The highest BCUT2D eigenvalue weighted by atomic mass is 79.9. The van der Waals surface area contributed by atoms with Gasteiger partial charge in [0.05, 0.1) is 17.8 Å². The molecule has 0 aromatic carbocycles. The van der Waals surface area contributed by atoms with E-state index < -0.39 is 23.6 Å². The fraction of sp³-hybridized carbons (Fsp3) is 0.455. The minimum absolute atomic E-state index is 0.324. The van der Waals surface area contributed by atoms with E-state index in [1.807, 2.05) is 0 Å². The van der Waals surface area contributed by atoms with Crippen LogP contribution in [0.2, 0.25) is 0 Å². The molecule has 0 bridgehead atoms. The van der Waals surface area contributed by atoms with Gasteiger partial charge in [0.2, 0.25) is 0 Å². The van der Waals surface area contributed by atoms with E-state index in [4.69, 9.17) is 4.74 Å². The normalized spacial score (nSPS) is 28.1. The molecule has 1 fully saturated rings. The van der Waals surface area contributed by atoms with Crippen LogP contribution in [0, 0.1) is 0 Å². The van der Waals surface area contributed by atoms with Crippen molar-refractivity contribution in [1.29, 1.82) is 0 Å². The fourth-order valence-electron chi connectivity index (χ4n) is 1.87. The number of ether oxygens (including phenoxy) is 1. The first-order valence-corrected chi connectivity index (χ1v) is 6.40. The number of aromatic nitrogens is 2. The van der Waals surface area contributed by atoms with Crippen molar-refractivity contribution >= 4 is 22.0 Å². The molecule has 2 N–H and O–H groups in total. The van der Waals surface area contributed by atoms with Crippen LogP contribution < -0.4 is 11.2 Å². The van der Waals surface area contributed by atoms with E-state index in [1.54, 1.807) is 6.92 Å². The summed E-state index contributed by atoms with van der Waals surface area (Å²) in [6.07, 6.45) is 1.79. The molecule has 18 heavy (non-hydrogen) atoms. The molecule has 0 saturated carbocycles. The van der Waals surface area contributed by atoms with E-state index >= 15 is 0 Å². The van der Waals surface area contributed by atoms with Crippen molar-refractivity contribution in [2.45, 2.75) is 31.8 Å². The first kappa shape index (κ1) is 13.3. The van der Waals surface area contributed by atoms with Gasteiger partial charge in [-0.3, -0.25) is 14.3 Å². The van der Waals surface area contributed by atoms with E-state index in [9.17, 15) is 14.7 Å². The Balaban J connectivity index is 2.42. The van der Waals surface area contributed by atoms with E-state index in [1.165, 1.54) is 21.8 Å². The van der Waals surface area contributed by atoms with Gasteiger partial charge in [-0.25, -0.2) is 4.79 Å². The Bertz CT molecular complexity index is 567. The van der Waals surface area contributed by atoms with Crippen LogP contribution in [0.1, 0.15) is 25.1 Å². The summed E-state index contributed by atoms with van der Waals surface area (Å²) in [7, 11) is 0. The molecule has 7 heteroatoms. The van der Waals surface area contributed by atoms with Gasteiger partial charge in [-0.1, -0.05) is 15.9 Å². The first-order chi connectivity index (χ1) is 8.52. The lowest BCUT2D eigenvalue weighted by atomic mass is 10.2. The summed E-state index contributed by atoms with van der Waals surface area (Å²) in [4.78, 5) is 26.9. The summed E-state index contributed by atoms with van der Waals surface area (Å²) >= 11 is 3.07. The fourth-order valence-corrected chi connectivity index (χ4v) is 2.16. The van der Waals surface area contributed by atoms with Crippen LogP contribution in [0.3, 0.4) is 0 Å². The summed E-state index contributed by atoms with van der Waals surface area (Å²) < 4.78 is 6.76. The third kappa shape index (κ3) is 2.47. The van der Waals surface area contributed by atoms with Gasteiger partial charge < -0.3 is 9.84 Å². The van der Waals surface area contributed by atoms with Gasteiger partial charge in [0.1, 0.15) is 6.23 Å². The topological polar surface area (TPSA) is 84.3 Å². The number of hydrogen-bond acceptors (Lipinski definition) is 4. The van der Waals surface area contributed by atoms with E-state index in [-0.39, 0.29) is 6.10 Å². The van der Waals surface area contributed by atoms with Gasteiger partial charge in [-0.05, 0) is 18.0 Å². The second-order valence-electron chi connectivity index (χ2n) is 4.14. The average Bonchev–Trinajstić information content (AvgIpc) is 2.63. The maximum absolute atomic E-state index is 11.7. The van der Waals surface area contributed by atoms with Crippen molar-refractivity contribution < 1.29 is 9.84 Å². The summed E-state index contributed by atoms with van der Waals surface area (Å²) in [5.41, 5.74) is -0.666. The molecule has 1 unspecified atom stereocenters. The van der Waals surface area contributed by atoms with Crippen molar-refractivity contribution in [2.24, 2.45) is 0 Å². The van der Waals surface area contributed by atoms with Gasteiger partial charge >= 0.3 is 5.69 Å². The number of rotatable bonds is 2.